The van der Waals surface area contributed by atoms with Crippen LogP contribution in [0.2, 0.25) is 12.1 Å². The van der Waals surface area contributed by atoms with Crippen LogP contribution in [0.3, 0.4) is 0 Å². The minimum Gasteiger partial charge on any atom is -0.354 e. The fourth-order valence-electron chi connectivity index (χ4n) is 3.11. The number of carbonyl (C=O) groups excluding carboxylic acids is 1. The Morgan fingerprint density at radius 1 is 0.700 bits per heavy atom. The number of hydrogen-bond donors (Lipinski definition) is 1. The van der Waals surface area contributed by atoms with E-state index in [9.17, 15) is 4.79 Å². The van der Waals surface area contributed by atoms with Crippen molar-refractivity contribution in [3.63, 3.8) is 0 Å². The highest BCUT2D eigenvalue weighted by Crippen LogP contribution is 2.09. The van der Waals surface area contributed by atoms with Gasteiger partial charge in [-0.15, -0.1) is 0 Å². The van der Waals surface area contributed by atoms with Crippen molar-refractivity contribution in [3.8, 4) is 0 Å². The second kappa shape index (κ2) is 17.1. The molecular formula is C21H48N2O5Si2. The van der Waals surface area contributed by atoms with Crippen LogP contribution in [0.25, 0.3) is 0 Å². The smallest absolute Gasteiger partial charge is 0.314 e. The lowest BCUT2D eigenvalue weighted by Gasteiger charge is -2.25. The average molecular weight is 465 g/mol. The molecule has 9 heteroatoms. The third-order valence-corrected chi connectivity index (χ3v) is 7.77. The lowest BCUT2D eigenvalue weighted by molar-refractivity contribution is -0.134. The zero-order valence-corrected chi connectivity index (χ0v) is 23.5. The minimum absolute atomic E-state index is 0.0584. The zero-order chi connectivity index (χ0) is 23.1. The highest BCUT2D eigenvalue weighted by molar-refractivity contribution is 6.36. The van der Waals surface area contributed by atoms with E-state index < -0.39 is 19.0 Å². The molecular weight excluding hydrogens is 416 g/mol. The standard InChI is InChI=1S/C21H48N2O5Si2/c1-15(2)25-20(26-16(3)4)29-13-9-11-23(19(22)24)12-10-14-30-21(27-17(5)6)28-18(7)8/h15-18,20-21H,9-14,29-30H2,1-8H3,(H2,22,24). The monoisotopic (exact) mass is 464 g/mol. The molecule has 0 saturated heterocycles. The molecule has 0 heterocycles. The lowest BCUT2D eigenvalue weighted by atomic mass is 10.4. The highest BCUT2D eigenvalue weighted by Gasteiger charge is 2.16. The number of rotatable bonds is 18. The van der Waals surface area contributed by atoms with Crippen molar-refractivity contribution >= 4 is 25.1 Å². The van der Waals surface area contributed by atoms with Crippen LogP contribution in [-0.4, -0.2) is 79.3 Å². The lowest BCUT2D eigenvalue weighted by Crippen LogP contribution is -2.38. The molecule has 0 saturated carbocycles. The maximum absolute atomic E-state index is 11.8. The third kappa shape index (κ3) is 17.2. The Balaban J connectivity index is 4.27. The summed E-state index contributed by atoms with van der Waals surface area (Å²) in [5, 5.41) is 0. The van der Waals surface area contributed by atoms with Crippen molar-refractivity contribution in [3.05, 3.63) is 0 Å². The van der Waals surface area contributed by atoms with E-state index >= 15 is 0 Å². The number of amides is 2. The normalized spacial score (nSPS) is 13.1. The third-order valence-electron chi connectivity index (χ3n) is 4.24. The summed E-state index contributed by atoms with van der Waals surface area (Å²) in [4.78, 5) is 13.6. The highest BCUT2D eigenvalue weighted by atomic mass is 28.2. The predicted octanol–water partition coefficient (Wildman–Crippen LogP) is 2.59. The Hall–Kier alpha value is -0.456. The quantitative estimate of drug-likeness (QED) is 0.191. The van der Waals surface area contributed by atoms with Gasteiger partial charge in [0.2, 0.25) is 0 Å². The summed E-state index contributed by atoms with van der Waals surface area (Å²) in [6, 6.07) is 1.80. The summed E-state index contributed by atoms with van der Waals surface area (Å²) in [5.74, 6) is -0.117. The predicted molar refractivity (Wildman–Crippen MR) is 130 cm³/mol. The van der Waals surface area contributed by atoms with Crippen LogP contribution in [0.5, 0.6) is 0 Å². The van der Waals surface area contributed by atoms with E-state index in [1.807, 2.05) is 55.4 Å². The van der Waals surface area contributed by atoms with Gasteiger partial charge < -0.3 is 29.6 Å². The molecule has 0 atom stereocenters. The Kier molecular flexibility index (Phi) is 16.9. The molecule has 0 unspecified atom stereocenters. The van der Waals surface area contributed by atoms with E-state index in [1.54, 1.807) is 4.90 Å². The number of hydrogen-bond acceptors (Lipinski definition) is 5. The molecule has 0 bridgehead atoms. The number of nitrogens with zero attached hydrogens (tertiary/aromatic N) is 1. The van der Waals surface area contributed by atoms with Gasteiger partial charge in [-0.3, -0.25) is 0 Å². The summed E-state index contributed by atoms with van der Waals surface area (Å²) in [6.45, 7) is 17.7. The van der Waals surface area contributed by atoms with Gasteiger partial charge in [0.25, 0.3) is 0 Å². The molecule has 0 radical (unpaired) electrons. The van der Waals surface area contributed by atoms with Crippen LogP contribution >= 0.6 is 0 Å². The number of carbonyl (C=O) groups is 1. The molecule has 0 aromatic heterocycles. The molecule has 30 heavy (non-hydrogen) atoms. The van der Waals surface area contributed by atoms with E-state index in [-0.39, 0.29) is 42.3 Å². The Morgan fingerprint density at radius 2 is 1.00 bits per heavy atom. The molecule has 180 valence electrons. The largest absolute Gasteiger partial charge is 0.354 e. The van der Waals surface area contributed by atoms with Gasteiger partial charge in [0.15, 0.2) is 0 Å². The maximum atomic E-state index is 11.8. The van der Waals surface area contributed by atoms with Gasteiger partial charge in [0, 0.05) is 13.1 Å². The molecule has 0 rings (SSSR count). The minimum atomic E-state index is -0.534. The first-order valence-electron chi connectivity index (χ1n) is 11.7. The fourth-order valence-corrected chi connectivity index (χ4v) is 6.89. The summed E-state index contributed by atoms with van der Waals surface area (Å²) in [7, 11) is -1.07. The van der Waals surface area contributed by atoms with Gasteiger partial charge in [0.1, 0.15) is 11.8 Å². The van der Waals surface area contributed by atoms with E-state index in [1.165, 1.54) is 0 Å². The van der Waals surface area contributed by atoms with Gasteiger partial charge >= 0.3 is 6.03 Å². The van der Waals surface area contributed by atoms with Gasteiger partial charge in [0.05, 0.1) is 43.5 Å². The number of nitrogens with two attached hydrogens (primary N) is 1. The van der Waals surface area contributed by atoms with Crippen LogP contribution < -0.4 is 5.73 Å². The molecule has 0 aliphatic heterocycles. The Morgan fingerprint density at radius 3 is 1.23 bits per heavy atom. The van der Waals surface area contributed by atoms with Crippen molar-refractivity contribution in [1.82, 2.24) is 4.90 Å². The summed E-state index contributed by atoms with van der Waals surface area (Å²) >= 11 is 0. The summed E-state index contributed by atoms with van der Waals surface area (Å²) in [6.07, 6.45) is 2.54. The molecule has 2 amide bonds. The van der Waals surface area contributed by atoms with Gasteiger partial charge in [-0.05, 0) is 68.2 Å². The zero-order valence-electron chi connectivity index (χ0n) is 20.7. The Labute approximate surface area is 189 Å². The van der Waals surface area contributed by atoms with Crippen LogP contribution in [-0.2, 0) is 18.9 Å². The molecule has 0 fully saturated rings. The molecule has 7 nitrogen and oxygen atoms in total. The molecule has 0 spiro atoms. The topological polar surface area (TPSA) is 83.2 Å². The van der Waals surface area contributed by atoms with E-state index in [0.717, 1.165) is 24.9 Å². The molecule has 0 aliphatic carbocycles. The maximum Gasteiger partial charge on any atom is 0.314 e. The molecule has 0 aliphatic rings. The van der Waals surface area contributed by atoms with Crippen molar-refractivity contribution in [1.29, 1.82) is 0 Å². The van der Waals surface area contributed by atoms with Crippen LogP contribution in [0.1, 0.15) is 68.2 Å². The Bertz CT molecular complexity index is 388. The SMILES string of the molecule is CC(C)OC(OC(C)C)[SiH2]CCCN(CCC[SiH2]C(OC(C)C)OC(C)C)C(N)=O. The van der Waals surface area contributed by atoms with Crippen LogP contribution in [0.4, 0.5) is 4.79 Å². The van der Waals surface area contributed by atoms with Crippen molar-refractivity contribution in [2.24, 2.45) is 5.73 Å². The number of urea groups is 1. The van der Waals surface area contributed by atoms with Gasteiger partial charge in [-0.1, -0.05) is 12.1 Å². The second-order valence-corrected chi connectivity index (χ2v) is 12.8. The van der Waals surface area contributed by atoms with Gasteiger partial charge in [-0.25, -0.2) is 4.79 Å². The first-order chi connectivity index (χ1) is 14.0. The van der Waals surface area contributed by atoms with Crippen molar-refractivity contribution in [2.75, 3.05) is 13.1 Å². The summed E-state index contributed by atoms with van der Waals surface area (Å²) < 4.78 is 23.5. The van der Waals surface area contributed by atoms with E-state index in [2.05, 4.69) is 0 Å². The molecule has 0 aromatic rings. The van der Waals surface area contributed by atoms with Crippen molar-refractivity contribution in [2.45, 2.75) is 117 Å². The number of ether oxygens (including phenoxy) is 4. The first kappa shape index (κ1) is 29.5. The van der Waals surface area contributed by atoms with Crippen molar-refractivity contribution < 1.29 is 23.7 Å². The fraction of sp³-hybridized carbons (Fsp3) is 0.952. The van der Waals surface area contributed by atoms with Gasteiger partial charge in [-0.2, -0.15) is 0 Å². The second-order valence-electron chi connectivity index (χ2n) is 8.92. The average Bonchev–Trinajstić information content (AvgIpc) is 2.57. The van der Waals surface area contributed by atoms with Crippen LogP contribution in [0.15, 0.2) is 0 Å². The molecule has 0 aromatic carbocycles. The van der Waals surface area contributed by atoms with E-state index in [0.29, 0.717) is 13.1 Å². The molecule has 2 N–H and O–H groups in total. The summed E-state index contributed by atoms with van der Waals surface area (Å²) in [5.41, 5.74) is 5.60. The number of primary amides is 1. The first-order valence-corrected chi connectivity index (χ1v) is 15.3. The van der Waals surface area contributed by atoms with Crippen LogP contribution in [0, 0.1) is 0 Å². The van der Waals surface area contributed by atoms with E-state index in [4.69, 9.17) is 24.7 Å².